The first kappa shape index (κ1) is 15.2. The van der Waals surface area contributed by atoms with Crippen molar-refractivity contribution in [1.29, 1.82) is 0 Å². The van der Waals surface area contributed by atoms with Crippen molar-refractivity contribution in [2.45, 2.75) is 24.9 Å². The Morgan fingerprint density at radius 1 is 1.50 bits per heavy atom. The number of thiophene rings is 1. The standard InChI is InChI=1S/C12H18N4O2S2/c1-9-8-19-10(6-13)12(9)20(17,18)16(3)7-11-14-4-5-15(11)2/h4-5,8H,6-7,13H2,1-3H3. The average Bonchev–Trinajstić information content (AvgIpc) is 2.96. The summed E-state index contributed by atoms with van der Waals surface area (Å²) < 4.78 is 28.5. The van der Waals surface area contributed by atoms with Gasteiger partial charge in [0.1, 0.15) is 10.7 Å². The number of aromatic nitrogens is 2. The molecule has 0 radical (unpaired) electrons. The van der Waals surface area contributed by atoms with Crippen molar-refractivity contribution in [1.82, 2.24) is 13.9 Å². The van der Waals surface area contributed by atoms with E-state index in [4.69, 9.17) is 5.73 Å². The predicted molar refractivity (Wildman–Crippen MR) is 78.8 cm³/mol. The van der Waals surface area contributed by atoms with Gasteiger partial charge in [-0.15, -0.1) is 11.3 Å². The molecule has 0 aliphatic carbocycles. The van der Waals surface area contributed by atoms with E-state index in [0.717, 1.165) is 5.56 Å². The molecule has 0 aliphatic rings. The van der Waals surface area contributed by atoms with Crippen LogP contribution < -0.4 is 5.73 Å². The summed E-state index contributed by atoms with van der Waals surface area (Å²) in [7, 11) is -0.157. The maximum atomic E-state index is 12.7. The Morgan fingerprint density at radius 3 is 2.75 bits per heavy atom. The molecule has 0 amide bonds. The molecule has 0 saturated carbocycles. The minimum absolute atomic E-state index is 0.226. The lowest BCUT2D eigenvalue weighted by atomic mass is 10.3. The molecule has 0 spiro atoms. The number of nitrogens with zero attached hydrogens (tertiary/aromatic N) is 3. The quantitative estimate of drug-likeness (QED) is 0.895. The van der Waals surface area contributed by atoms with Crippen molar-refractivity contribution in [3.05, 3.63) is 34.0 Å². The molecule has 8 heteroatoms. The first-order valence-electron chi connectivity index (χ1n) is 6.07. The lowest BCUT2D eigenvalue weighted by Crippen LogP contribution is -2.28. The molecule has 2 rings (SSSR count). The van der Waals surface area contributed by atoms with Gasteiger partial charge in [-0.1, -0.05) is 0 Å². The van der Waals surface area contributed by atoms with Crippen LogP contribution in [0.2, 0.25) is 0 Å². The van der Waals surface area contributed by atoms with Gasteiger partial charge in [0, 0.05) is 37.9 Å². The van der Waals surface area contributed by atoms with Gasteiger partial charge in [-0.3, -0.25) is 0 Å². The fraction of sp³-hybridized carbons (Fsp3) is 0.417. The molecule has 2 N–H and O–H groups in total. The lowest BCUT2D eigenvalue weighted by molar-refractivity contribution is 0.450. The van der Waals surface area contributed by atoms with Gasteiger partial charge in [-0.05, 0) is 17.9 Å². The van der Waals surface area contributed by atoms with Gasteiger partial charge in [0.15, 0.2) is 0 Å². The van der Waals surface area contributed by atoms with Gasteiger partial charge < -0.3 is 10.3 Å². The molecule has 6 nitrogen and oxygen atoms in total. The van der Waals surface area contributed by atoms with E-state index in [1.165, 1.54) is 15.6 Å². The fourth-order valence-electron chi connectivity index (χ4n) is 1.96. The Morgan fingerprint density at radius 2 is 2.20 bits per heavy atom. The zero-order valence-electron chi connectivity index (χ0n) is 11.7. The van der Waals surface area contributed by atoms with E-state index >= 15 is 0 Å². The maximum absolute atomic E-state index is 12.7. The number of nitrogens with two attached hydrogens (primary N) is 1. The monoisotopic (exact) mass is 314 g/mol. The second-order valence-corrected chi connectivity index (χ2v) is 7.54. The molecule has 0 aliphatic heterocycles. The molecule has 0 unspecified atom stereocenters. The normalized spacial score (nSPS) is 12.2. The van der Waals surface area contributed by atoms with Gasteiger partial charge in [0.25, 0.3) is 0 Å². The zero-order chi connectivity index (χ0) is 14.9. The number of hydrogen-bond acceptors (Lipinski definition) is 5. The Labute approximate surface area is 122 Å². The second kappa shape index (κ2) is 5.65. The van der Waals surface area contributed by atoms with Crippen LogP contribution in [0.15, 0.2) is 22.7 Å². The largest absolute Gasteiger partial charge is 0.337 e. The Hall–Kier alpha value is -1.22. The third-order valence-electron chi connectivity index (χ3n) is 3.13. The highest BCUT2D eigenvalue weighted by molar-refractivity contribution is 7.89. The Balaban J connectivity index is 2.35. The van der Waals surface area contributed by atoms with E-state index in [1.807, 2.05) is 12.4 Å². The number of imidazole rings is 1. The summed E-state index contributed by atoms with van der Waals surface area (Å²) in [5, 5.41) is 1.82. The van der Waals surface area contributed by atoms with E-state index in [2.05, 4.69) is 4.98 Å². The van der Waals surface area contributed by atoms with Crippen molar-refractivity contribution >= 4 is 21.4 Å². The van der Waals surface area contributed by atoms with E-state index in [0.29, 0.717) is 15.6 Å². The van der Waals surface area contributed by atoms with Crippen LogP contribution in [0.1, 0.15) is 16.3 Å². The summed E-state index contributed by atoms with van der Waals surface area (Å²) in [6.07, 6.45) is 3.44. The summed E-state index contributed by atoms with van der Waals surface area (Å²) >= 11 is 1.38. The van der Waals surface area contributed by atoms with Gasteiger partial charge in [0.05, 0.1) is 6.54 Å². The van der Waals surface area contributed by atoms with E-state index in [-0.39, 0.29) is 13.1 Å². The molecule has 20 heavy (non-hydrogen) atoms. The van der Waals surface area contributed by atoms with Gasteiger partial charge in [0.2, 0.25) is 10.0 Å². The maximum Gasteiger partial charge on any atom is 0.244 e. The highest BCUT2D eigenvalue weighted by atomic mass is 32.2. The van der Waals surface area contributed by atoms with Crippen molar-refractivity contribution in [3.63, 3.8) is 0 Å². The molecule has 2 aromatic rings. The predicted octanol–water partition coefficient (Wildman–Crippen LogP) is 1.07. The highest BCUT2D eigenvalue weighted by Crippen LogP contribution is 2.29. The minimum Gasteiger partial charge on any atom is -0.337 e. The molecule has 110 valence electrons. The first-order chi connectivity index (χ1) is 9.37. The smallest absolute Gasteiger partial charge is 0.244 e. The van der Waals surface area contributed by atoms with Crippen molar-refractivity contribution in [2.75, 3.05) is 7.05 Å². The molecule has 2 aromatic heterocycles. The van der Waals surface area contributed by atoms with Gasteiger partial charge in [-0.2, -0.15) is 4.31 Å². The molecule has 0 atom stereocenters. The lowest BCUT2D eigenvalue weighted by Gasteiger charge is -2.18. The summed E-state index contributed by atoms with van der Waals surface area (Å²) in [5.74, 6) is 0.693. The Bertz CT molecular complexity index is 703. The van der Waals surface area contributed by atoms with E-state index < -0.39 is 10.0 Å². The molecule has 0 saturated heterocycles. The minimum atomic E-state index is -3.55. The third-order valence-corrected chi connectivity index (χ3v) is 6.42. The third kappa shape index (κ3) is 2.64. The molecular weight excluding hydrogens is 296 g/mol. The van der Waals surface area contributed by atoms with Crippen LogP contribution in [0.4, 0.5) is 0 Å². The first-order valence-corrected chi connectivity index (χ1v) is 8.39. The topological polar surface area (TPSA) is 81.2 Å². The fourth-order valence-corrected chi connectivity index (χ4v) is 4.73. The van der Waals surface area contributed by atoms with Gasteiger partial charge in [-0.25, -0.2) is 13.4 Å². The van der Waals surface area contributed by atoms with Crippen molar-refractivity contribution < 1.29 is 8.42 Å². The van der Waals surface area contributed by atoms with E-state index in [9.17, 15) is 8.42 Å². The molecular formula is C12H18N4O2S2. The second-order valence-electron chi connectivity index (χ2n) is 4.59. The molecule has 2 heterocycles. The molecule has 0 fully saturated rings. The number of rotatable bonds is 5. The van der Waals surface area contributed by atoms with Crippen LogP contribution in [0.25, 0.3) is 0 Å². The van der Waals surface area contributed by atoms with Crippen molar-refractivity contribution in [3.8, 4) is 0 Å². The number of hydrogen-bond donors (Lipinski definition) is 1. The summed E-state index contributed by atoms with van der Waals surface area (Å²) in [6.45, 7) is 2.24. The van der Waals surface area contributed by atoms with Crippen LogP contribution in [-0.2, 0) is 30.2 Å². The highest BCUT2D eigenvalue weighted by Gasteiger charge is 2.27. The van der Waals surface area contributed by atoms with Crippen LogP contribution in [0, 0.1) is 6.92 Å². The Kier molecular flexibility index (Phi) is 4.28. The van der Waals surface area contributed by atoms with Gasteiger partial charge >= 0.3 is 0 Å². The SMILES string of the molecule is Cc1csc(CN)c1S(=O)(=O)N(C)Cc1nccn1C. The summed E-state index contributed by atoms with van der Waals surface area (Å²) in [6, 6.07) is 0. The van der Waals surface area contributed by atoms with Crippen LogP contribution >= 0.6 is 11.3 Å². The molecule has 0 aromatic carbocycles. The van der Waals surface area contributed by atoms with Crippen LogP contribution in [0.5, 0.6) is 0 Å². The van der Waals surface area contributed by atoms with Crippen LogP contribution in [-0.4, -0.2) is 29.3 Å². The van der Waals surface area contributed by atoms with Crippen LogP contribution in [0.3, 0.4) is 0 Å². The average molecular weight is 314 g/mol. The summed E-state index contributed by atoms with van der Waals surface area (Å²) in [4.78, 5) is 5.17. The zero-order valence-corrected chi connectivity index (χ0v) is 13.3. The number of sulfonamides is 1. The molecule has 0 bridgehead atoms. The van der Waals surface area contributed by atoms with E-state index in [1.54, 1.807) is 30.9 Å². The number of aryl methyl sites for hydroxylation is 2. The summed E-state index contributed by atoms with van der Waals surface area (Å²) in [5.41, 5.74) is 6.37. The van der Waals surface area contributed by atoms with Crippen molar-refractivity contribution in [2.24, 2.45) is 12.8 Å².